The number of nitrogens with zero attached hydrogens (tertiary/aromatic N) is 2. The number of aryl methyl sites for hydroxylation is 3. The monoisotopic (exact) mass is 293 g/mol. The Labute approximate surface area is 124 Å². The number of benzene rings is 1. The van der Waals surface area contributed by atoms with Gasteiger partial charge in [-0.3, -0.25) is 4.68 Å². The predicted molar refractivity (Wildman–Crippen MR) is 79.2 cm³/mol. The van der Waals surface area contributed by atoms with Crippen molar-refractivity contribution >= 4 is 0 Å². The van der Waals surface area contributed by atoms with Crippen LogP contribution in [0.25, 0.3) is 0 Å². The number of halogens is 2. The zero-order valence-corrected chi connectivity index (χ0v) is 12.9. The van der Waals surface area contributed by atoms with Crippen molar-refractivity contribution in [1.29, 1.82) is 0 Å². The van der Waals surface area contributed by atoms with Crippen LogP contribution < -0.4 is 5.32 Å². The standard InChI is InChI=1S/C16H21F2N3/c1-5-13-12(9-21(4)20-13)16(19-6-2)11-8-7-10(3)14(17)15(11)18/h7-9,16,19H,5-6H2,1-4H3. The van der Waals surface area contributed by atoms with E-state index in [4.69, 9.17) is 0 Å². The summed E-state index contributed by atoms with van der Waals surface area (Å²) in [6.07, 6.45) is 2.61. The van der Waals surface area contributed by atoms with E-state index in [0.29, 0.717) is 17.7 Å². The normalized spacial score (nSPS) is 12.7. The van der Waals surface area contributed by atoms with Crippen molar-refractivity contribution in [3.05, 3.63) is 52.3 Å². The fraction of sp³-hybridized carbons (Fsp3) is 0.438. The molecular formula is C16H21F2N3. The van der Waals surface area contributed by atoms with Gasteiger partial charge in [0.2, 0.25) is 0 Å². The average Bonchev–Trinajstić information content (AvgIpc) is 2.84. The van der Waals surface area contributed by atoms with Crippen LogP contribution in [-0.2, 0) is 13.5 Å². The molecule has 0 aliphatic rings. The van der Waals surface area contributed by atoms with Gasteiger partial charge >= 0.3 is 0 Å². The number of hydrogen-bond donors (Lipinski definition) is 1. The Bertz CT molecular complexity index is 635. The van der Waals surface area contributed by atoms with E-state index in [1.165, 1.54) is 0 Å². The summed E-state index contributed by atoms with van der Waals surface area (Å²) >= 11 is 0. The zero-order valence-electron chi connectivity index (χ0n) is 12.9. The van der Waals surface area contributed by atoms with Gasteiger partial charge in [-0.05, 0) is 25.5 Å². The summed E-state index contributed by atoms with van der Waals surface area (Å²) in [4.78, 5) is 0. The van der Waals surface area contributed by atoms with E-state index in [-0.39, 0.29) is 0 Å². The summed E-state index contributed by atoms with van der Waals surface area (Å²) in [5.74, 6) is -1.57. The number of nitrogens with one attached hydrogen (secondary N) is 1. The summed E-state index contributed by atoms with van der Waals surface area (Å²) in [6, 6.07) is 2.86. The Balaban J connectivity index is 2.56. The molecule has 0 saturated carbocycles. The molecule has 0 bridgehead atoms. The van der Waals surface area contributed by atoms with Crippen LogP contribution in [0.3, 0.4) is 0 Å². The second-order valence-electron chi connectivity index (χ2n) is 5.15. The minimum Gasteiger partial charge on any atom is -0.306 e. The highest BCUT2D eigenvalue weighted by atomic mass is 19.2. The molecule has 114 valence electrons. The van der Waals surface area contributed by atoms with Gasteiger partial charge in [-0.15, -0.1) is 0 Å². The maximum atomic E-state index is 14.3. The lowest BCUT2D eigenvalue weighted by Crippen LogP contribution is -2.24. The van der Waals surface area contributed by atoms with Gasteiger partial charge in [-0.1, -0.05) is 26.0 Å². The summed E-state index contributed by atoms with van der Waals surface area (Å²) < 4.78 is 29.9. The third kappa shape index (κ3) is 2.97. The second kappa shape index (κ2) is 6.35. The van der Waals surface area contributed by atoms with Gasteiger partial charge in [-0.25, -0.2) is 8.78 Å². The van der Waals surface area contributed by atoms with Crippen molar-refractivity contribution < 1.29 is 8.78 Å². The minimum atomic E-state index is -0.785. The molecule has 1 N–H and O–H groups in total. The molecule has 0 radical (unpaired) electrons. The molecule has 1 heterocycles. The first-order valence-corrected chi connectivity index (χ1v) is 7.19. The first-order chi connectivity index (χ1) is 9.99. The molecule has 3 nitrogen and oxygen atoms in total. The molecule has 2 rings (SSSR count). The van der Waals surface area contributed by atoms with Gasteiger partial charge in [0, 0.05) is 24.4 Å². The lowest BCUT2D eigenvalue weighted by Gasteiger charge is -2.19. The molecule has 0 aliphatic heterocycles. The van der Waals surface area contributed by atoms with Gasteiger partial charge in [0.05, 0.1) is 11.7 Å². The fourth-order valence-electron chi connectivity index (χ4n) is 2.54. The van der Waals surface area contributed by atoms with Crippen molar-refractivity contribution in [3.63, 3.8) is 0 Å². The van der Waals surface area contributed by atoms with E-state index in [1.54, 1.807) is 23.7 Å². The van der Waals surface area contributed by atoms with Crippen LogP contribution >= 0.6 is 0 Å². The highest BCUT2D eigenvalue weighted by molar-refractivity contribution is 5.36. The predicted octanol–water partition coefficient (Wildman–Crippen LogP) is 3.27. The summed E-state index contributed by atoms with van der Waals surface area (Å²) in [6.45, 7) is 6.15. The molecule has 0 amide bonds. The smallest absolute Gasteiger partial charge is 0.164 e. The highest BCUT2D eigenvalue weighted by Crippen LogP contribution is 2.29. The van der Waals surface area contributed by atoms with Crippen LogP contribution in [0, 0.1) is 18.6 Å². The number of rotatable bonds is 5. The third-order valence-electron chi connectivity index (χ3n) is 3.61. The topological polar surface area (TPSA) is 29.9 Å². The van der Waals surface area contributed by atoms with Crippen LogP contribution in [-0.4, -0.2) is 16.3 Å². The summed E-state index contributed by atoms with van der Waals surface area (Å²) in [5.41, 5.74) is 2.42. The van der Waals surface area contributed by atoms with Gasteiger partial charge in [0.15, 0.2) is 11.6 Å². The van der Waals surface area contributed by atoms with Gasteiger partial charge in [-0.2, -0.15) is 5.10 Å². The van der Waals surface area contributed by atoms with E-state index in [0.717, 1.165) is 17.7 Å². The van der Waals surface area contributed by atoms with Crippen LogP contribution in [0.2, 0.25) is 0 Å². The van der Waals surface area contributed by atoms with Crippen molar-refractivity contribution in [2.24, 2.45) is 7.05 Å². The summed E-state index contributed by atoms with van der Waals surface area (Å²) in [5, 5.41) is 7.62. The maximum Gasteiger partial charge on any atom is 0.164 e. The molecule has 1 aromatic heterocycles. The zero-order chi connectivity index (χ0) is 15.6. The Morgan fingerprint density at radius 3 is 2.52 bits per heavy atom. The van der Waals surface area contributed by atoms with E-state index in [1.807, 2.05) is 27.1 Å². The van der Waals surface area contributed by atoms with Crippen molar-refractivity contribution in [2.45, 2.75) is 33.2 Å². The molecule has 5 heteroatoms. The minimum absolute atomic E-state index is 0.313. The molecule has 1 unspecified atom stereocenters. The third-order valence-corrected chi connectivity index (χ3v) is 3.61. The molecule has 1 atom stereocenters. The summed E-state index contributed by atoms with van der Waals surface area (Å²) in [7, 11) is 1.83. The molecule has 0 fully saturated rings. The Morgan fingerprint density at radius 1 is 1.19 bits per heavy atom. The van der Waals surface area contributed by atoms with Crippen molar-refractivity contribution in [1.82, 2.24) is 15.1 Å². The lowest BCUT2D eigenvalue weighted by atomic mass is 9.96. The average molecular weight is 293 g/mol. The Morgan fingerprint density at radius 2 is 1.90 bits per heavy atom. The van der Waals surface area contributed by atoms with E-state index >= 15 is 0 Å². The number of aromatic nitrogens is 2. The van der Waals surface area contributed by atoms with E-state index in [2.05, 4.69) is 10.4 Å². The highest BCUT2D eigenvalue weighted by Gasteiger charge is 2.24. The first-order valence-electron chi connectivity index (χ1n) is 7.19. The van der Waals surface area contributed by atoms with Crippen LogP contribution in [0.4, 0.5) is 8.78 Å². The quantitative estimate of drug-likeness (QED) is 0.917. The largest absolute Gasteiger partial charge is 0.306 e. The van der Waals surface area contributed by atoms with Crippen LogP contribution in [0.1, 0.15) is 42.3 Å². The molecule has 0 spiro atoms. The number of hydrogen-bond acceptors (Lipinski definition) is 2. The lowest BCUT2D eigenvalue weighted by molar-refractivity contribution is 0.478. The first kappa shape index (κ1) is 15.6. The Kier molecular flexibility index (Phi) is 4.73. The fourth-order valence-corrected chi connectivity index (χ4v) is 2.54. The molecule has 0 saturated heterocycles. The molecule has 1 aromatic carbocycles. The van der Waals surface area contributed by atoms with Crippen molar-refractivity contribution in [3.8, 4) is 0 Å². The van der Waals surface area contributed by atoms with E-state index in [9.17, 15) is 8.78 Å². The molecule has 2 aromatic rings. The molecular weight excluding hydrogens is 272 g/mol. The van der Waals surface area contributed by atoms with Crippen LogP contribution in [0.5, 0.6) is 0 Å². The molecule has 0 aliphatic carbocycles. The van der Waals surface area contributed by atoms with Crippen molar-refractivity contribution in [2.75, 3.05) is 6.54 Å². The second-order valence-corrected chi connectivity index (χ2v) is 5.15. The van der Waals surface area contributed by atoms with Crippen LogP contribution in [0.15, 0.2) is 18.3 Å². The van der Waals surface area contributed by atoms with Gasteiger partial charge in [0.25, 0.3) is 0 Å². The van der Waals surface area contributed by atoms with Gasteiger partial charge < -0.3 is 5.32 Å². The Hall–Kier alpha value is -1.75. The van der Waals surface area contributed by atoms with E-state index < -0.39 is 17.7 Å². The molecule has 21 heavy (non-hydrogen) atoms. The van der Waals surface area contributed by atoms with Gasteiger partial charge in [0.1, 0.15) is 0 Å². The maximum absolute atomic E-state index is 14.3. The SMILES string of the molecule is CCNC(c1cn(C)nc1CC)c1ccc(C)c(F)c1F.